The minimum absolute atomic E-state index is 0.0636. The van der Waals surface area contributed by atoms with Crippen molar-refractivity contribution >= 4 is 40.3 Å². The molecular weight excluding hydrogens is 680 g/mol. The molecule has 1 aromatic heterocycles. The molecule has 1 saturated heterocycles. The van der Waals surface area contributed by atoms with Gasteiger partial charge in [-0.15, -0.1) is 0 Å². The van der Waals surface area contributed by atoms with Crippen LogP contribution in [0.3, 0.4) is 0 Å². The van der Waals surface area contributed by atoms with Gasteiger partial charge in [-0.3, -0.25) is 29.0 Å². The van der Waals surface area contributed by atoms with E-state index < -0.39 is 65.4 Å². The highest BCUT2D eigenvalue weighted by atomic mass is 19.3. The van der Waals surface area contributed by atoms with Gasteiger partial charge in [-0.2, -0.15) is 0 Å². The summed E-state index contributed by atoms with van der Waals surface area (Å²) in [6.45, 7) is 7.63. The molecule has 2 fully saturated rings. The van der Waals surface area contributed by atoms with Gasteiger partial charge in [-0.25, -0.2) is 8.78 Å². The predicted octanol–water partition coefficient (Wildman–Crippen LogP) is 6.15. The first-order valence-electron chi connectivity index (χ1n) is 18.7. The number of nitrogens with zero attached hydrogens (tertiary/aromatic N) is 2. The molecule has 284 valence electrons. The van der Waals surface area contributed by atoms with Crippen molar-refractivity contribution in [2.24, 2.45) is 17.3 Å². The molecule has 2 aliphatic rings. The van der Waals surface area contributed by atoms with Gasteiger partial charge in [0.15, 0.2) is 0 Å². The summed E-state index contributed by atoms with van der Waals surface area (Å²) in [7, 11) is 0. The number of rotatable bonds is 15. The topological polar surface area (TPSA) is 138 Å². The molecule has 0 bridgehead atoms. The van der Waals surface area contributed by atoms with Crippen molar-refractivity contribution in [2.45, 2.75) is 110 Å². The van der Waals surface area contributed by atoms with Crippen LogP contribution in [0.4, 0.5) is 8.78 Å². The summed E-state index contributed by atoms with van der Waals surface area (Å²) in [5.41, 5.74) is 1.08. The minimum Gasteiger partial charge on any atom is -0.344 e. The van der Waals surface area contributed by atoms with Crippen LogP contribution in [-0.2, 0) is 19.2 Å². The Labute approximate surface area is 309 Å². The van der Waals surface area contributed by atoms with Gasteiger partial charge >= 0.3 is 0 Å². The van der Waals surface area contributed by atoms with Crippen molar-refractivity contribution in [3.05, 3.63) is 78.0 Å². The van der Waals surface area contributed by atoms with Crippen molar-refractivity contribution < 1.29 is 32.8 Å². The first kappa shape index (κ1) is 39.5. The maximum atomic E-state index is 14.6. The van der Waals surface area contributed by atoms with Crippen LogP contribution in [0.1, 0.15) is 101 Å². The lowest BCUT2D eigenvalue weighted by Crippen LogP contribution is -2.60. The van der Waals surface area contributed by atoms with Gasteiger partial charge < -0.3 is 20.9 Å². The van der Waals surface area contributed by atoms with E-state index in [1.807, 2.05) is 63.2 Å². The van der Waals surface area contributed by atoms with Crippen LogP contribution in [-0.4, -0.2) is 70.4 Å². The molecule has 6 atom stereocenters. The van der Waals surface area contributed by atoms with E-state index in [9.17, 15) is 32.8 Å². The first-order chi connectivity index (χ1) is 25.3. The Kier molecular flexibility index (Phi) is 13.0. The molecule has 5 rings (SSSR count). The van der Waals surface area contributed by atoms with Gasteiger partial charge in [-0.1, -0.05) is 88.6 Å². The molecular formula is C41H51F2N5O5. The molecule has 1 aliphatic carbocycles. The van der Waals surface area contributed by atoms with Crippen molar-refractivity contribution in [3.63, 3.8) is 0 Å². The molecule has 3 N–H and O–H groups in total. The normalized spacial score (nSPS) is 20.1. The quantitative estimate of drug-likeness (QED) is 0.127. The van der Waals surface area contributed by atoms with Crippen LogP contribution in [0.25, 0.3) is 10.9 Å². The Bertz CT molecular complexity index is 1780. The maximum Gasteiger partial charge on any atom is 0.290 e. The second-order valence-electron chi connectivity index (χ2n) is 15.5. The molecule has 1 saturated carbocycles. The van der Waals surface area contributed by atoms with E-state index in [1.54, 1.807) is 36.2 Å². The van der Waals surface area contributed by atoms with Crippen LogP contribution in [0.5, 0.6) is 0 Å². The lowest BCUT2D eigenvalue weighted by atomic mass is 9.85. The van der Waals surface area contributed by atoms with E-state index in [1.165, 1.54) is 0 Å². The number of benzene rings is 2. The van der Waals surface area contributed by atoms with Crippen molar-refractivity contribution in [1.82, 2.24) is 25.8 Å². The van der Waals surface area contributed by atoms with E-state index in [2.05, 4.69) is 20.9 Å². The number of likely N-dealkylation sites (tertiary alicyclic amines) is 1. The third-order valence-corrected chi connectivity index (χ3v) is 10.6. The molecule has 1 unspecified atom stereocenters. The number of hydrogen-bond acceptors (Lipinski definition) is 6. The number of pyridine rings is 1. The number of amides is 4. The van der Waals surface area contributed by atoms with E-state index in [0.29, 0.717) is 42.3 Å². The van der Waals surface area contributed by atoms with E-state index in [4.69, 9.17) is 0 Å². The number of aromatic nitrogens is 1. The summed E-state index contributed by atoms with van der Waals surface area (Å²) < 4.78 is 25.6. The standard InChI is InChI=1S/C41H51F2N5O5/c1-25(26-14-7-5-8-15-26)45-39(52)35(49)32(20-9-6-10-21-33(42)43)46-38(51)34-28-18-13-16-27(28)24-48(34)40(53)36(41(2,3)4)47-37(50)30-22-23-44-31-19-12-11-17-29(30)31/h5,7-8,11-12,14-15,17,19,22-23,25,27-28,32-34,36H,6,9-10,13,16,18,20-21,24H2,1-4H3,(H,45,52)(H,46,51)(H,47,50)/t25-,27-,28-,32?,34-,36+/m0/s1. The molecule has 2 heterocycles. The number of hydrogen-bond donors (Lipinski definition) is 3. The minimum atomic E-state index is -2.44. The third kappa shape index (κ3) is 9.63. The summed E-state index contributed by atoms with van der Waals surface area (Å²) in [4.78, 5) is 75.6. The van der Waals surface area contributed by atoms with E-state index in [0.717, 1.165) is 18.4 Å². The monoisotopic (exact) mass is 731 g/mol. The number of carbonyl (C=O) groups is 5. The molecule has 2 aromatic carbocycles. The zero-order valence-corrected chi connectivity index (χ0v) is 30.9. The molecule has 10 nitrogen and oxygen atoms in total. The highest BCUT2D eigenvalue weighted by Gasteiger charge is 2.52. The van der Waals surface area contributed by atoms with E-state index >= 15 is 0 Å². The van der Waals surface area contributed by atoms with Gasteiger partial charge in [0, 0.05) is 24.5 Å². The summed E-state index contributed by atoms with van der Waals surface area (Å²) in [5.74, 6) is -3.17. The fraction of sp³-hybridized carbons (Fsp3) is 0.512. The second kappa shape index (κ2) is 17.4. The number of ketones is 1. The third-order valence-electron chi connectivity index (χ3n) is 10.6. The highest BCUT2D eigenvalue weighted by molar-refractivity contribution is 6.38. The van der Waals surface area contributed by atoms with Crippen molar-refractivity contribution in [3.8, 4) is 0 Å². The van der Waals surface area contributed by atoms with Crippen LogP contribution in [0.15, 0.2) is 66.9 Å². The lowest BCUT2D eigenvalue weighted by Gasteiger charge is -2.36. The summed E-state index contributed by atoms with van der Waals surface area (Å²) >= 11 is 0. The number of halogens is 2. The Hall–Kier alpha value is -4.74. The Morgan fingerprint density at radius 1 is 0.868 bits per heavy atom. The molecule has 1 aliphatic heterocycles. The lowest BCUT2D eigenvalue weighted by molar-refractivity contribution is -0.144. The fourth-order valence-electron chi connectivity index (χ4n) is 7.79. The molecule has 53 heavy (non-hydrogen) atoms. The first-order valence-corrected chi connectivity index (χ1v) is 18.7. The predicted molar refractivity (Wildman–Crippen MR) is 198 cm³/mol. The molecule has 0 spiro atoms. The van der Waals surface area contributed by atoms with Crippen LogP contribution < -0.4 is 16.0 Å². The van der Waals surface area contributed by atoms with Crippen LogP contribution in [0.2, 0.25) is 0 Å². The zero-order valence-electron chi connectivity index (χ0n) is 30.9. The van der Waals surface area contributed by atoms with E-state index in [-0.39, 0.29) is 31.1 Å². The summed E-state index contributed by atoms with van der Waals surface area (Å²) in [6, 6.07) is 14.4. The second-order valence-corrected chi connectivity index (χ2v) is 15.5. The average Bonchev–Trinajstić information content (AvgIpc) is 3.74. The number of fused-ring (bicyclic) bond motifs is 2. The Morgan fingerprint density at radius 2 is 1.57 bits per heavy atom. The highest BCUT2D eigenvalue weighted by Crippen LogP contribution is 2.43. The number of alkyl halides is 2. The SMILES string of the molecule is C[C@H](NC(=O)C(=O)C(CCCCCC(F)F)NC(=O)[C@@H]1[C@H]2CCC[C@H]2CN1C(=O)[C@@H](NC(=O)c1ccnc2ccccc12)C(C)(C)C)c1ccccc1. The summed E-state index contributed by atoms with van der Waals surface area (Å²) in [5, 5.41) is 9.17. The number of para-hydroxylation sites is 1. The average molecular weight is 732 g/mol. The maximum absolute atomic E-state index is 14.6. The molecule has 0 radical (unpaired) electrons. The molecule has 4 amide bonds. The Morgan fingerprint density at radius 3 is 2.28 bits per heavy atom. The number of carbonyl (C=O) groups excluding carboxylic acids is 5. The smallest absolute Gasteiger partial charge is 0.290 e. The van der Waals surface area contributed by atoms with Crippen LogP contribution in [0, 0.1) is 17.3 Å². The van der Waals surface area contributed by atoms with Gasteiger partial charge in [-0.05, 0) is 67.6 Å². The Balaban J connectivity index is 1.36. The number of nitrogens with one attached hydrogen (secondary N) is 3. The van der Waals surface area contributed by atoms with Gasteiger partial charge in [0.1, 0.15) is 12.1 Å². The number of Topliss-reactive ketones (excluding diaryl/α,β-unsaturated/α-hetero) is 1. The number of unbranched alkanes of at least 4 members (excludes halogenated alkanes) is 2. The van der Waals surface area contributed by atoms with Crippen molar-refractivity contribution in [1.29, 1.82) is 0 Å². The van der Waals surface area contributed by atoms with Gasteiger partial charge in [0.05, 0.1) is 23.2 Å². The summed E-state index contributed by atoms with van der Waals surface area (Å²) in [6.07, 6.45) is 2.33. The van der Waals surface area contributed by atoms with Crippen molar-refractivity contribution in [2.75, 3.05) is 6.54 Å². The fourth-order valence-corrected chi connectivity index (χ4v) is 7.79. The van der Waals surface area contributed by atoms with Crippen LogP contribution >= 0.6 is 0 Å². The molecule has 12 heteroatoms. The van der Waals surface area contributed by atoms with Gasteiger partial charge in [0.25, 0.3) is 11.8 Å². The zero-order chi connectivity index (χ0) is 38.3. The largest absolute Gasteiger partial charge is 0.344 e. The van der Waals surface area contributed by atoms with Gasteiger partial charge in [0.2, 0.25) is 24.0 Å². The molecule has 3 aromatic rings.